The van der Waals surface area contributed by atoms with Gasteiger partial charge in [0.05, 0.1) is 24.1 Å². The Hall–Kier alpha value is -2.75. The Morgan fingerprint density at radius 3 is 2.44 bits per heavy atom. The summed E-state index contributed by atoms with van der Waals surface area (Å²) in [6.45, 7) is 4.40. The normalized spacial score (nSPS) is 11.8. The minimum Gasteiger partial charge on any atom is -0.492 e. The van der Waals surface area contributed by atoms with Crippen molar-refractivity contribution in [3.63, 3.8) is 0 Å². The monoisotopic (exact) mass is 472 g/mol. The van der Waals surface area contributed by atoms with Gasteiger partial charge in [-0.25, -0.2) is 8.42 Å². The van der Waals surface area contributed by atoms with E-state index in [2.05, 4.69) is 5.32 Å². The Labute approximate surface area is 186 Å². The molecule has 0 aliphatic carbocycles. The Bertz CT molecular complexity index is 1040. The third-order valence-corrected chi connectivity index (χ3v) is 5.99. The summed E-state index contributed by atoms with van der Waals surface area (Å²) in [7, 11) is -3.82. The molecular weight excluding hydrogens is 445 g/mol. The van der Waals surface area contributed by atoms with Crippen LogP contribution in [0.5, 0.6) is 5.75 Å². The minimum atomic E-state index is -4.58. The third-order valence-electron chi connectivity index (χ3n) is 4.80. The van der Waals surface area contributed by atoms with Crippen LogP contribution >= 0.6 is 0 Å². The molecule has 1 amide bonds. The van der Waals surface area contributed by atoms with Crippen molar-refractivity contribution in [2.75, 3.05) is 30.3 Å². The smallest absolute Gasteiger partial charge is 0.416 e. The molecule has 1 N–H and O–H groups in total. The number of benzene rings is 2. The minimum absolute atomic E-state index is 0.0224. The molecule has 2 rings (SSSR count). The average molecular weight is 473 g/mol. The molecule has 0 spiro atoms. The highest BCUT2D eigenvalue weighted by Crippen LogP contribution is 2.32. The lowest BCUT2D eigenvalue weighted by Gasteiger charge is -2.23. The van der Waals surface area contributed by atoms with E-state index < -0.39 is 21.8 Å². The number of nitrogens with one attached hydrogen (secondary N) is 1. The molecule has 0 aliphatic rings. The third kappa shape index (κ3) is 7.74. The lowest BCUT2D eigenvalue weighted by molar-refractivity contribution is -0.137. The van der Waals surface area contributed by atoms with Crippen LogP contribution in [0, 0.1) is 13.8 Å². The maximum Gasteiger partial charge on any atom is 0.416 e. The van der Waals surface area contributed by atoms with E-state index in [0.717, 1.165) is 39.9 Å². The van der Waals surface area contributed by atoms with Gasteiger partial charge in [0.1, 0.15) is 12.4 Å². The molecule has 2 aromatic rings. The van der Waals surface area contributed by atoms with Gasteiger partial charge in [-0.2, -0.15) is 13.2 Å². The highest BCUT2D eigenvalue weighted by Gasteiger charge is 2.31. The second-order valence-corrected chi connectivity index (χ2v) is 9.34. The first-order chi connectivity index (χ1) is 14.9. The summed E-state index contributed by atoms with van der Waals surface area (Å²) < 4.78 is 69.5. The first-order valence-electron chi connectivity index (χ1n) is 9.99. The van der Waals surface area contributed by atoms with E-state index in [4.69, 9.17) is 4.74 Å². The molecule has 0 unspecified atom stereocenters. The summed E-state index contributed by atoms with van der Waals surface area (Å²) in [6, 6.07) is 9.80. The molecule has 176 valence electrons. The maximum atomic E-state index is 12.9. The highest BCUT2D eigenvalue weighted by atomic mass is 32.2. The summed E-state index contributed by atoms with van der Waals surface area (Å²) >= 11 is 0. The molecule has 0 aromatic heterocycles. The molecular formula is C22H27F3N2O4S. The number of hydrogen-bond acceptors (Lipinski definition) is 4. The largest absolute Gasteiger partial charge is 0.492 e. The zero-order chi connectivity index (χ0) is 23.9. The van der Waals surface area contributed by atoms with Crippen LogP contribution in [0.15, 0.2) is 42.5 Å². The van der Waals surface area contributed by atoms with E-state index in [-0.39, 0.29) is 44.1 Å². The van der Waals surface area contributed by atoms with Crippen molar-refractivity contribution in [1.29, 1.82) is 0 Å². The van der Waals surface area contributed by atoms with Crippen LogP contribution in [0.2, 0.25) is 0 Å². The number of carbonyl (C=O) groups is 1. The van der Waals surface area contributed by atoms with E-state index in [1.165, 1.54) is 6.07 Å². The fraction of sp³-hybridized carbons (Fsp3) is 0.409. The van der Waals surface area contributed by atoms with Crippen LogP contribution in [0.1, 0.15) is 29.5 Å². The number of alkyl halides is 3. The lowest BCUT2D eigenvalue weighted by Crippen LogP contribution is -2.33. The Morgan fingerprint density at radius 2 is 1.81 bits per heavy atom. The predicted molar refractivity (Wildman–Crippen MR) is 117 cm³/mol. The first kappa shape index (κ1) is 25.5. The van der Waals surface area contributed by atoms with Crippen LogP contribution in [0.3, 0.4) is 0 Å². The molecule has 0 saturated carbocycles. The quantitative estimate of drug-likeness (QED) is 0.529. The van der Waals surface area contributed by atoms with Gasteiger partial charge in [-0.1, -0.05) is 12.1 Å². The predicted octanol–water partition coefficient (Wildman–Crippen LogP) is 4.06. The van der Waals surface area contributed by atoms with Crippen molar-refractivity contribution in [2.24, 2.45) is 0 Å². The number of anilines is 1. The number of ether oxygens (including phenoxy) is 1. The zero-order valence-corrected chi connectivity index (χ0v) is 19.0. The molecule has 6 nitrogen and oxygen atoms in total. The molecule has 0 fully saturated rings. The van der Waals surface area contributed by atoms with Crippen LogP contribution in [0.4, 0.5) is 18.9 Å². The fourth-order valence-electron chi connectivity index (χ4n) is 2.96. The van der Waals surface area contributed by atoms with Crippen molar-refractivity contribution < 1.29 is 31.1 Å². The van der Waals surface area contributed by atoms with Gasteiger partial charge in [0.2, 0.25) is 15.9 Å². The summed E-state index contributed by atoms with van der Waals surface area (Å²) in [4.78, 5) is 12.0. The summed E-state index contributed by atoms with van der Waals surface area (Å²) in [5.41, 5.74) is 1.22. The Balaban J connectivity index is 1.84. The van der Waals surface area contributed by atoms with Crippen molar-refractivity contribution in [2.45, 2.75) is 32.9 Å². The van der Waals surface area contributed by atoms with E-state index in [1.807, 2.05) is 32.0 Å². The van der Waals surface area contributed by atoms with Crippen molar-refractivity contribution >= 4 is 21.6 Å². The van der Waals surface area contributed by atoms with Gasteiger partial charge in [0.15, 0.2) is 0 Å². The number of hydrogen-bond donors (Lipinski definition) is 1. The maximum absolute atomic E-state index is 12.9. The van der Waals surface area contributed by atoms with Gasteiger partial charge in [0, 0.05) is 13.0 Å². The SMILES string of the molecule is Cc1ccc(OCCNC(=O)CCCN(c2cccc(C(F)(F)F)c2)S(C)(=O)=O)cc1C. The molecule has 32 heavy (non-hydrogen) atoms. The zero-order valence-electron chi connectivity index (χ0n) is 18.2. The molecule has 0 saturated heterocycles. The average Bonchev–Trinajstić information content (AvgIpc) is 2.69. The standard InChI is InChI=1S/C22H27F3N2O4S/c1-16-9-10-20(14-17(16)2)31-13-11-26-21(28)8-5-12-27(32(3,29)30)19-7-4-6-18(15-19)22(23,24)25/h4,6-7,9-10,14-15H,5,8,11-13H2,1-3H3,(H,26,28). The molecule has 0 radical (unpaired) electrons. The number of sulfonamides is 1. The number of aryl methyl sites for hydroxylation is 2. The van der Waals surface area contributed by atoms with Gasteiger partial charge >= 0.3 is 6.18 Å². The van der Waals surface area contributed by atoms with Gasteiger partial charge in [0.25, 0.3) is 0 Å². The number of nitrogens with zero attached hydrogens (tertiary/aromatic N) is 1. The molecule has 0 aliphatic heterocycles. The molecule has 0 heterocycles. The Morgan fingerprint density at radius 1 is 1.09 bits per heavy atom. The molecule has 10 heteroatoms. The molecule has 2 aromatic carbocycles. The van der Waals surface area contributed by atoms with Crippen LogP contribution in [-0.4, -0.2) is 40.3 Å². The number of amides is 1. The van der Waals surface area contributed by atoms with Gasteiger partial charge < -0.3 is 10.1 Å². The van der Waals surface area contributed by atoms with E-state index in [9.17, 15) is 26.4 Å². The van der Waals surface area contributed by atoms with E-state index in [1.54, 1.807) is 0 Å². The fourth-order valence-corrected chi connectivity index (χ4v) is 3.92. The topological polar surface area (TPSA) is 75.7 Å². The number of halogens is 3. The van der Waals surface area contributed by atoms with Crippen molar-refractivity contribution in [3.05, 3.63) is 59.2 Å². The number of carbonyl (C=O) groups excluding carboxylic acids is 1. The van der Waals surface area contributed by atoms with E-state index >= 15 is 0 Å². The number of rotatable bonds is 10. The molecule has 0 bridgehead atoms. The second kappa shape index (κ2) is 10.7. The Kier molecular flexibility index (Phi) is 8.54. The van der Waals surface area contributed by atoms with Crippen molar-refractivity contribution in [1.82, 2.24) is 5.32 Å². The van der Waals surface area contributed by atoms with Crippen LogP contribution in [0.25, 0.3) is 0 Å². The van der Waals surface area contributed by atoms with Gasteiger partial charge in [-0.05, 0) is 61.7 Å². The van der Waals surface area contributed by atoms with E-state index in [0.29, 0.717) is 5.75 Å². The summed E-state index contributed by atoms with van der Waals surface area (Å²) in [6.07, 6.45) is -3.50. The second-order valence-electron chi connectivity index (χ2n) is 7.43. The lowest BCUT2D eigenvalue weighted by atomic mass is 10.1. The van der Waals surface area contributed by atoms with Crippen LogP contribution in [-0.2, 0) is 21.0 Å². The summed E-state index contributed by atoms with van der Waals surface area (Å²) in [5.74, 6) is 0.401. The summed E-state index contributed by atoms with van der Waals surface area (Å²) in [5, 5.41) is 2.68. The molecule has 0 atom stereocenters. The van der Waals surface area contributed by atoms with Crippen LogP contribution < -0.4 is 14.4 Å². The van der Waals surface area contributed by atoms with Crippen molar-refractivity contribution in [3.8, 4) is 5.75 Å². The first-order valence-corrected chi connectivity index (χ1v) is 11.8. The van der Waals surface area contributed by atoms with Gasteiger partial charge in [-0.15, -0.1) is 0 Å². The van der Waals surface area contributed by atoms with Gasteiger partial charge in [-0.3, -0.25) is 9.10 Å². The highest BCUT2D eigenvalue weighted by molar-refractivity contribution is 7.92.